The van der Waals surface area contributed by atoms with Crippen molar-refractivity contribution in [3.63, 3.8) is 0 Å². The van der Waals surface area contributed by atoms with Crippen molar-refractivity contribution in [1.82, 2.24) is 9.99 Å². The molecule has 28 heavy (non-hydrogen) atoms. The van der Waals surface area contributed by atoms with Gasteiger partial charge in [-0.05, 0) is 41.3 Å². The minimum atomic E-state index is -0.188. The number of benzene rings is 3. The van der Waals surface area contributed by atoms with E-state index in [1.54, 1.807) is 0 Å². The van der Waals surface area contributed by atoms with Gasteiger partial charge in [0.15, 0.2) is 0 Å². The van der Waals surface area contributed by atoms with Gasteiger partial charge in [-0.15, -0.1) is 0 Å². The maximum Gasteiger partial charge on any atom is 0.238 e. The van der Waals surface area contributed by atoms with E-state index in [4.69, 9.17) is 5.84 Å². The van der Waals surface area contributed by atoms with Gasteiger partial charge in [0.05, 0.1) is 6.42 Å². The number of aromatic nitrogens is 1. The van der Waals surface area contributed by atoms with Crippen LogP contribution in [0.25, 0.3) is 22.0 Å². The quantitative estimate of drug-likeness (QED) is 0.315. The van der Waals surface area contributed by atoms with E-state index in [1.807, 2.05) is 36.4 Å². The van der Waals surface area contributed by atoms with Crippen LogP contribution in [0, 0.1) is 6.92 Å². The van der Waals surface area contributed by atoms with Crippen molar-refractivity contribution in [2.45, 2.75) is 19.9 Å². The van der Waals surface area contributed by atoms with Gasteiger partial charge in [0, 0.05) is 23.1 Å². The number of fused-ring (bicyclic) bond motifs is 1. The van der Waals surface area contributed by atoms with Crippen LogP contribution >= 0.6 is 0 Å². The first-order chi connectivity index (χ1) is 13.7. The number of amides is 1. The minimum Gasteiger partial charge on any atom is -0.340 e. The van der Waals surface area contributed by atoms with Crippen LogP contribution < -0.4 is 11.3 Å². The van der Waals surface area contributed by atoms with Gasteiger partial charge in [-0.1, -0.05) is 66.7 Å². The molecule has 0 saturated carbocycles. The highest BCUT2D eigenvalue weighted by molar-refractivity contribution is 5.93. The molecule has 0 saturated heterocycles. The fraction of sp³-hybridized carbons (Fsp3) is 0.125. The number of carbonyl (C=O) groups is 1. The number of rotatable bonds is 5. The number of hydrazine groups is 1. The molecule has 3 N–H and O–H groups in total. The fourth-order valence-corrected chi connectivity index (χ4v) is 3.77. The Labute approximate surface area is 164 Å². The van der Waals surface area contributed by atoms with Gasteiger partial charge in [0.1, 0.15) is 0 Å². The maximum absolute atomic E-state index is 12.1. The van der Waals surface area contributed by atoms with Crippen molar-refractivity contribution in [1.29, 1.82) is 0 Å². The summed E-state index contributed by atoms with van der Waals surface area (Å²) in [5, 5.41) is 1.10. The molecular formula is C24H23N3O. The highest BCUT2D eigenvalue weighted by Crippen LogP contribution is 2.31. The summed E-state index contributed by atoms with van der Waals surface area (Å²) in [4.78, 5) is 12.1. The van der Waals surface area contributed by atoms with Crippen molar-refractivity contribution < 1.29 is 4.79 Å². The van der Waals surface area contributed by atoms with Gasteiger partial charge in [-0.2, -0.15) is 0 Å². The highest BCUT2D eigenvalue weighted by Gasteiger charge is 2.17. The zero-order valence-electron chi connectivity index (χ0n) is 15.9. The lowest BCUT2D eigenvalue weighted by molar-refractivity contribution is -0.120. The van der Waals surface area contributed by atoms with Crippen LogP contribution in [-0.4, -0.2) is 10.5 Å². The van der Waals surface area contributed by atoms with Crippen molar-refractivity contribution in [3.8, 4) is 11.1 Å². The third kappa shape index (κ3) is 3.42. The molecular weight excluding hydrogens is 346 g/mol. The third-order valence-corrected chi connectivity index (χ3v) is 5.24. The zero-order chi connectivity index (χ0) is 19.5. The standard InChI is InChI=1S/C24H23N3O/c1-17-21(15-24(28)26-25)22-14-20(19-10-6-3-7-11-19)12-13-23(22)27(17)16-18-8-4-2-5-9-18/h2-14H,15-16,25H2,1H3,(H,26,28). The van der Waals surface area contributed by atoms with E-state index in [2.05, 4.69) is 59.4 Å². The highest BCUT2D eigenvalue weighted by atomic mass is 16.2. The summed E-state index contributed by atoms with van der Waals surface area (Å²) in [6.07, 6.45) is 0.263. The number of nitrogens with one attached hydrogen (secondary N) is 1. The van der Waals surface area contributed by atoms with Crippen LogP contribution in [0.1, 0.15) is 16.8 Å². The van der Waals surface area contributed by atoms with Gasteiger partial charge in [0.2, 0.25) is 5.91 Å². The molecule has 4 rings (SSSR count). The predicted molar refractivity (Wildman–Crippen MR) is 114 cm³/mol. The Hall–Kier alpha value is -3.37. The Bertz CT molecular complexity index is 1120. The molecule has 4 aromatic rings. The van der Waals surface area contributed by atoms with Crippen LogP contribution in [-0.2, 0) is 17.8 Å². The van der Waals surface area contributed by atoms with Crippen LogP contribution in [0.15, 0.2) is 78.9 Å². The van der Waals surface area contributed by atoms with Gasteiger partial charge in [-0.3, -0.25) is 10.2 Å². The lowest BCUT2D eigenvalue weighted by Gasteiger charge is -2.09. The molecule has 0 fully saturated rings. The maximum atomic E-state index is 12.1. The Kier molecular flexibility index (Phi) is 4.96. The van der Waals surface area contributed by atoms with E-state index in [-0.39, 0.29) is 12.3 Å². The Morgan fingerprint density at radius 2 is 1.61 bits per heavy atom. The Balaban J connectivity index is 1.87. The second kappa shape index (κ2) is 7.71. The molecule has 0 spiro atoms. The van der Waals surface area contributed by atoms with Crippen molar-refractivity contribution in [2.24, 2.45) is 5.84 Å². The number of hydrogen-bond donors (Lipinski definition) is 2. The molecule has 1 aromatic heterocycles. The molecule has 0 atom stereocenters. The van der Waals surface area contributed by atoms with E-state index in [9.17, 15) is 4.79 Å². The Morgan fingerprint density at radius 1 is 0.929 bits per heavy atom. The first-order valence-electron chi connectivity index (χ1n) is 9.38. The number of nitrogens with zero attached hydrogens (tertiary/aromatic N) is 1. The topological polar surface area (TPSA) is 60.1 Å². The van der Waals surface area contributed by atoms with E-state index >= 15 is 0 Å². The van der Waals surface area contributed by atoms with Gasteiger partial charge in [0.25, 0.3) is 0 Å². The molecule has 1 amide bonds. The summed E-state index contributed by atoms with van der Waals surface area (Å²) < 4.78 is 2.28. The number of nitrogens with two attached hydrogens (primary N) is 1. The average Bonchev–Trinajstić information content (AvgIpc) is 3.00. The molecule has 1 heterocycles. The van der Waals surface area contributed by atoms with Gasteiger partial charge < -0.3 is 4.57 Å². The molecule has 0 aliphatic carbocycles. The first kappa shape index (κ1) is 18.0. The second-order valence-electron chi connectivity index (χ2n) is 6.98. The van der Waals surface area contributed by atoms with Crippen LogP contribution in [0.4, 0.5) is 0 Å². The van der Waals surface area contributed by atoms with Crippen LogP contribution in [0.5, 0.6) is 0 Å². The van der Waals surface area contributed by atoms with Crippen LogP contribution in [0.2, 0.25) is 0 Å². The summed E-state index contributed by atoms with van der Waals surface area (Å²) in [6.45, 7) is 2.84. The van der Waals surface area contributed by atoms with E-state index in [0.717, 1.165) is 39.8 Å². The lowest BCUT2D eigenvalue weighted by Crippen LogP contribution is -2.31. The normalized spacial score (nSPS) is 10.9. The van der Waals surface area contributed by atoms with Crippen molar-refractivity contribution >= 4 is 16.8 Å². The van der Waals surface area contributed by atoms with Crippen molar-refractivity contribution in [3.05, 3.63) is 95.7 Å². The largest absolute Gasteiger partial charge is 0.340 e. The smallest absolute Gasteiger partial charge is 0.238 e. The molecule has 0 aliphatic rings. The Morgan fingerprint density at radius 3 is 2.29 bits per heavy atom. The average molecular weight is 369 g/mol. The molecule has 4 nitrogen and oxygen atoms in total. The minimum absolute atomic E-state index is 0.188. The summed E-state index contributed by atoms with van der Waals surface area (Å²) in [7, 11) is 0. The van der Waals surface area contributed by atoms with E-state index < -0.39 is 0 Å². The zero-order valence-corrected chi connectivity index (χ0v) is 15.9. The van der Waals surface area contributed by atoms with Gasteiger partial charge >= 0.3 is 0 Å². The molecule has 0 aliphatic heterocycles. The third-order valence-electron chi connectivity index (χ3n) is 5.24. The monoisotopic (exact) mass is 369 g/mol. The molecule has 0 radical (unpaired) electrons. The molecule has 0 unspecified atom stereocenters. The summed E-state index contributed by atoms with van der Waals surface area (Å²) in [5.41, 5.74) is 9.02. The molecule has 140 valence electrons. The predicted octanol–water partition coefficient (Wildman–Crippen LogP) is 4.20. The number of carbonyl (C=O) groups excluding carboxylic acids is 1. The number of hydrogen-bond acceptors (Lipinski definition) is 2. The molecule has 0 bridgehead atoms. The SMILES string of the molecule is Cc1c(CC(=O)NN)c2cc(-c3ccccc3)ccc2n1Cc1ccccc1. The molecule has 3 aromatic carbocycles. The van der Waals surface area contributed by atoms with E-state index in [0.29, 0.717) is 0 Å². The molecule has 4 heteroatoms. The first-order valence-corrected chi connectivity index (χ1v) is 9.38. The fourth-order valence-electron chi connectivity index (χ4n) is 3.77. The summed E-state index contributed by atoms with van der Waals surface area (Å²) in [5.74, 6) is 5.17. The second-order valence-corrected chi connectivity index (χ2v) is 6.98. The van der Waals surface area contributed by atoms with E-state index in [1.165, 1.54) is 5.56 Å². The van der Waals surface area contributed by atoms with Crippen molar-refractivity contribution in [2.75, 3.05) is 0 Å². The lowest BCUT2D eigenvalue weighted by atomic mass is 10.0. The van der Waals surface area contributed by atoms with Gasteiger partial charge in [-0.25, -0.2) is 5.84 Å². The summed E-state index contributed by atoms with van der Waals surface area (Å²) >= 11 is 0. The summed E-state index contributed by atoms with van der Waals surface area (Å²) in [6, 6.07) is 27.1. The van der Waals surface area contributed by atoms with Crippen LogP contribution in [0.3, 0.4) is 0 Å².